The highest BCUT2D eigenvalue weighted by Crippen LogP contribution is 2.11. The zero-order valence-corrected chi connectivity index (χ0v) is 11.2. The Morgan fingerprint density at radius 3 is 2.67 bits per heavy atom. The van der Waals surface area contributed by atoms with Crippen LogP contribution >= 0.6 is 0 Å². The summed E-state index contributed by atoms with van der Waals surface area (Å²) >= 11 is 0. The highest BCUT2D eigenvalue weighted by Gasteiger charge is 2.16. The van der Waals surface area contributed by atoms with Crippen molar-refractivity contribution in [2.24, 2.45) is 11.1 Å². The molecular weight excluding hydrogens is 231 g/mol. The average Bonchev–Trinajstić information content (AvgIpc) is 2.32. The largest absolute Gasteiger partial charge is 0.355 e. The number of nitrogens with two attached hydrogens (primary N) is 1. The fraction of sp³-hybridized carbons (Fsp3) is 0.500. The highest BCUT2D eigenvalue weighted by atomic mass is 19.1. The molecule has 0 radical (unpaired) electrons. The molecule has 0 spiro atoms. The molecular formula is C14H21FN2O. The molecule has 0 aromatic heterocycles. The number of hydrogen-bond acceptors (Lipinski definition) is 2. The molecule has 0 unspecified atom stereocenters. The van der Waals surface area contributed by atoms with E-state index >= 15 is 0 Å². The van der Waals surface area contributed by atoms with Crippen LogP contribution in [0.25, 0.3) is 0 Å². The van der Waals surface area contributed by atoms with Gasteiger partial charge in [-0.05, 0) is 36.1 Å². The zero-order valence-electron chi connectivity index (χ0n) is 11.2. The molecule has 4 heteroatoms. The Labute approximate surface area is 108 Å². The van der Waals surface area contributed by atoms with Crippen molar-refractivity contribution in [1.29, 1.82) is 0 Å². The van der Waals surface area contributed by atoms with Crippen LogP contribution in [0.4, 0.5) is 4.39 Å². The van der Waals surface area contributed by atoms with Gasteiger partial charge < -0.3 is 11.1 Å². The van der Waals surface area contributed by atoms with Crippen molar-refractivity contribution in [3.8, 4) is 0 Å². The number of halogens is 1. The van der Waals surface area contributed by atoms with Gasteiger partial charge in [-0.1, -0.05) is 26.0 Å². The molecule has 1 rings (SSSR count). The minimum absolute atomic E-state index is 0.0671. The number of aryl methyl sites for hydroxylation is 1. The maximum atomic E-state index is 13.1. The van der Waals surface area contributed by atoms with Gasteiger partial charge in [-0.3, -0.25) is 4.79 Å². The third-order valence-corrected chi connectivity index (χ3v) is 2.90. The van der Waals surface area contributed by atoms with E-state index in [-0.39, 0.29) is 23.6 Å². The molecule has 0 aliphatic rings. The lowest BCUT2D eigenvalue weighted by atomic mass is 9.94. The topological polar surface area (TPSA) is 55.1 Å². The molecule has 100 valence electrons. The second-order valence-corrected chi connectivity index (χ2v) is 5.41. The van der Waals surface area contributed by atoms with Crippen LogP contribution < -0.4 is 11.1 Å². The van der Waals surface area contributed by atoms with Gasteiger partial charge in [0.25, 0.3) is 0 Å². The van der Waals surface area contributed by atoms with Gasteiger partial charge in [0, 0.05) is 6.54 Å². The van der Waals surface area contributed by atoms with Gasteiger partial charge in [-0.15, -0.1) is 0 Å². The Bertz CT molecular complexity index is 430. The monoisotopic (exact) mass is 252 g/mol. The maximum absolute atomic E-state index is 13.1. The number of hydrogen-bond donors (Lipinski definition) is 2. The van der Waals surface area contributed by atoms with Crippen molar-refractivity contribution in [3.63, 3.8) is 0 Å². The van der Waals surface area contributed by atoms with E-state index in [2.05, 4.69) is 5.32 Å². The number of carbonyl (C=O) groups is 1. The number of nitrogens with one attached hydrogen (secondary N) is 1. The van der Waals surface area contributed by atoms with Crippen LogP contribution in [0.15, 0.2) is 18.2 Å². The third kappa shape index (κ3) is 4.45. The first kappa shape index (κ1) is 14.6. The van der Waals surface area contributed by atoms with Crippen molar-refractivity contribution < 1.29 is 9.18 Å². The van der Waals surface area contributed by atoms with Crippen molar-refractivity contribution in [2.75, 3.05) is 13.1 Å². The van der Waals surface area contributed by atoms with Crippen molar-refractivity contribution >= 4 is 5.91 Å². The summed E-state index contributed by atoms with van der Waals surface area (Å²) in [5.74, 6) is -0.314. The first-order valence-corrected chi connectivity index (χ1v) is 6.06. The number of rotatable bonds is 5. The predicted octanol–water partition coefficient (Wildman–Crippen LogP) is 1.78. The molecule has 1 aromatic carbocycles. The second-order valence-electron chi connectivity index (χ2n) is 5.41. The minimum atomic E-state index is -0.247. The summed E-state index contributed by atoms with van der Waals surface area (Å²) in [4.78, 5) is 11.7. The first-order chi connectivity index (χ1) is 8.34. The smallest absolute Gasteiger partial charge is 0.224 e. The van der Waals surface area contributed by atoms with E-state index in [0.29, 0.717) is 18.7 Å². The fourth-order valence-corrected chi connectivity index (χ4v) is 1.47. The Morgan fingerprint density at radius 2 is 2.11 bits per heavy atom. The van der Waals surface area contributed by atoms with E-state index in [0.717, 1.165) is 5.56 Å². The number of benzene rings is 1. The number of amides is 1. The van der Waals surface area contributed by atoms with Crippen LogP contribution in [0, 0.1) is 18.2 Å². The van der Waals surface area contributed by atoms with E-state index in [1.165, 1.54) is 6.07 Å². The summed E-state index contributed by atoms with van der Waals surface area (Å²) in [5, 5.41) is 2.84. The quantitative estimate of drug-likeness (QED) is 0.839. The molecule has 0 saturated carbocycles. The highest BCUT2D eigenvalue weighted by molar-refractivity contribution is 5.78. The Hall–Kier alpha value is -1.42. The normalized spacial score (nSPS) is 11.4. The van der Waals surface area contributed by atoms with Gasteiger partial charge in [0.1, 0.15) is 5.82 Å². The second kappa shape index (κ2) is 5.96. The molecule has 0 fully saturated rings. The summed E-state index contributed by atoms with van der Waals surface area (Å²) in [6, 6.07) is 4.72. The molecule has 3 nitrogen and oxygen atoms in total. The van der Waals surface area contributed by atoms with E-state index < -0.39 is 0 Å². The summed E-state index contributed by atoms with van der Waals surface area (Å²) in [6.07, 6.45) is 0.266. The van der Waals surface area contributed by atoms with Gasteiger partial charge in [0.05, 0.1) is 6.42 Å². The molecule has 0 heterocycles. The summed E-state index contributed by atoms with van der Waals surface area (Å²) in [5.41, 5.74) is 6.86. The van der Waals surface area contributed by atoms with Crippen LogP contribution in [0.2, 0.25) is 0 Å². The van der Waals surface area contributed by atoms with E-state index in [4.69, 9.17) is 5.73 Å². The number of carbonyl (C=O) groups excluding carboxylic acids is 1. The van der Waals surface area contributed by atoms with Crippen LogP contribution in [-0.2, 0) is 11.2 Å². The Kier molecular flexibility index (Phi) is 4.84. The Balaban J connectivity index is 2.52. The van der Waals surface area contributed by atoms with E-state index in [1.54, 1.807) is 19.1 Å². The molecule has 0 atom stereocenters. The first-order valence-electron chi connectivity index (χ1n) is 6.06. The van der Waals surface area contributed by atoms with Crippen molar-refractivity contribution in [1.82, 2.24) is 5.32 Å². The van der Waals surface area contributed by atoms with E-state index in [9.17, 15) is 9.18 Å². The lowest BCUT2D eigenvalue weighted by Gasteiger charge is -2.22. The third-order valence-electron chi connectivity index (χ3n) is 2.90. The van der Waals surface area contributed by atoms with Crippen LogP contribution in [-0.4, -0.2) is 19.0 Å². The minimum Gasteiger partial charge on any atom is -0.355 e. The maximum Gasteiger partial charge on any atom is 0.224 e. The van der Waals surface area contributed by atoms with Crippen LogP contribution in [0.1, 0.15) is 25.0 Å². The van der Waals surface area contributed by atoms with Gasteiger partial charge in [-0.25, -0.2) is 4.39 Å². The summed E-state index contributed by atoms with van der Waals surface area (Å²) in [6.45, 7) is 6.74. The molecule has 0 bridgehead atoms. The average molecular weight is 252 g/mol. The fourth-order valence-electron chi connectivity index (χ4n) is 1.47. The molecule has 3 N–H and O–H groups in total. The SMILES string of the molecule is Cc1cc(CC(=O)NCC(C)(C)CN)ccc1F. The molecule has 1 aromatic rings. The molecule has 18 heavy (non-hydrogen) atoms. The van der Waals surface area contributed by atoms with Gasteiger partial charge in [0.15, 0.2) is 0 Å². The summed E-state index contributed by atoms with van der Waals surface area (Å²) < 4.78 is 13.1. The van der Waals surface area contributed by atoms with Crippen molar-refractivity contribution in [2.45, 2.75) is 27.2 Å². The molecule has 0 saturated heterocycles. The summed E-state index contributed by atoms with van der Waals surface area (Å²) in [7, 11) is 0. The van der Waals surface area contributed by atoms with Crippen molar-refractivity contribution in [3.05, 3.63) is 35.1 Å². The Morgan fingerprint density at radius 1 is 1.44 bits per heavy atom. The van der Waals surface area contributed by atoms with Gasteiger partial charge in [-0.2, -0.15) is 0 Å². The van der Waals surface area contributed by atoms with Crippen LogP contribution in [0.5, 0.6) is 0 Å². The molecule has 0 aliphatic carbocycles. The molecule has 1 amide bonds. The molecule has 0 aliphatic heterocycles. The van der Waals surface area contributed by atoms with Crippen LogP contribution in [0.3, 0.4) is 0 Å². The zero-order chi connectivity index (χ0) is 13.8. The van der Waals surface area contributed by atoms with E-state index in [1.807, 2.05) is 13.8 Å². The lowest BCUT2D eigenvalue weighted by Crippen LogP contribution is -2.39. The van der Waals surface area contributed by atoms with Gasteiger partial charge in [0.2, 0.25) is 5.91 Å². The standard InChI is InChI=1S/C14H21FN2O/c1-10-6-11(4-5-12(10)15)7-13(18)17-9-14(2,3)8-16/h4-6H,7-9,16H2,1-3H3,(H,17,18). The van der Waals surface area contributed by atoms with Gasteiger partial charge >= 0.3 is 0 Å². The lowest BCUT2D eigenvalue weighted by molar-refractivity contribution is -0.120. The predicted molar refractivity (Wildman–Crippen MR) is 70.7 cm³/mol.